The SMILES string of the molecule is CCOC(=O)COc1cc(F)c(C#N)cc1C(=O)NCc1cccc([N+](=O)[O-])c1. The van der Waals surface area contributed by atoms with Gasteiger partial charge in [-0.1, -0.05) is 12.1 Å². The smallest absolute Gasteiger partial charge is 0.344 e. The topological polar surface area (TPSA) is 132 Å². The van der Waals surface area contributed by atoms with Crippen molar-refractivity contribution in [2.75, 3.05) is 13.2 Å². The van der Waals surface area contributed by atoms with Crippen molar-refractivity contribution in [2.24, 2.45) is 0 Å². The van der Waals surface area contributed by atoms with Crippen molar-refractivity contribution >= 4 is 17.6 Å². The van der Waals surface area contributed by atoms with Crippen LogP contribution in [0.3, 0.4) is 0 Å². The van der Waals surface area contributed by atoms with Crippen molar-refractivity contribution in [3.63, 3.8) is 0 Å². The van der Waals surface area contributed by atoms with E-state index in [0.717, 1.165) is 12.1 Å². The molecule has 10 heteroatoms. The number of halogens is 1. The number of carbonyl (C=O) groups excluding carboxylic acids is 2. The molecule has 2 aromatic carbocycles. The molecule has 2 rings (SSSR count). The van der Waals surface area contributed by atoms with Crippen LogP contribution in [0, 0.1) is 27.3 Å². The van der Waals surface area contributed by atoms with E-state index in [1.54, 1.807) is 19.1 Å². The van der Waals surface area contributed by atoms with Gasteiger partial charge in [0.25, 0.3) is 11.6 Å². The number of nitriles is 1. The normalized spacial score (nSPS) is 9.97. The van der Waals surface area contributed by atoms with Crippen LogP contribution < -0.4 is 10.1 Å². The van der Waals surface area contributed by atoms with Gasteiger partial charge in [-0.2, -0.15) is 5.26 Å². The van der Waals surface area contributed by atoms with Gasteiger partial charge in [-0.15, -0.1) is 0 Å². The van der Waals surface area contributed by atoms with E-state index >= 15 is 0 Å². The zero-order valence-corrected chi connectivity index (χ0v) is 15.3. The fourth-order valence-corrected chi connectivity index (χ4v) is 2.33. The third-order valence-corrected chi connectivity index (χ3v) is 3.66. The maximum absolute atomic E-state index is 13.9. The lowest BCUT2D eigenvalue weighted by Crippen LogP contribution is -2.24. The minimum atomic E-state index is -0.915. The summed E-state index contributed by atoms with van der Waals surface area (Å²) in [5, 5.41) is 22.3. The number of hydrogen-bond acceptors (Lipinski definition) is 7. The third kappa shape index (κ3) is 5.74. The van der Waals surface area contributed by atoms with Crippen molar-refractivity contribution in [1.29, 1.82) is 5.26 Å². The molecule has 150 valence electrons. The van der Waals surface area contributed by atoms with Crippen LogP contribution in [-0.4, -0.2) is 30.0 Å². The summed E-state index contributed by atoms with van der Waals surface area (Å²) in [5.41, 5.74) is -0.223. The van der Waals surface area contributed by atoms with E-state index in [1.807, 2.05) is 0 Å². The number of nitrogens with zero attached hydrogens (tertiary/aromatic N) is 2. The molecule has 0 aliphatic carbocycles. The summed E-state index contributed by atoms with van der Waals surface area (Å²) in [4.78, 5) is 34.3. The molecule has 9 nitrogen and oxygen atoms in total. The summed E-state index contributed by atoms with van der Waals surface area (Å²) in [5.74, 6) is -2.58. The molecule has 0 aromatic heterocycles. The molecule has 2 aromatic rings. The Morgan fingerprint density at radius 3 is 2.72 bits per heavy atom. The second kappa shape index (κ2) is 9.80. The Balaban J connectivity index is 2.20. The number of nitro benzene ring substituents is 1. The molecule has 1 N–H and O–H groups in total. The Hall–Kier alpha value is -4.00. The van der Waals surface area contributed by atoms with Crippen LogP contribution in [0.1, 0.15) is 28.4 Å². The van der Waals surface area contributed by atoms with Gasteiger partial charge in [-0.05, 0) is 18.6 Å². The highest BCUT2D eigenvalue weighted by atomic mass is 19.1. The van der Waals surface area contributed by atoms with Gasteiger partial charge in [0.15, 0.2) is 6.61 Å². The number of hydrogen-bond donors (Lipinski definition) is 1. The quantitative estimate of drug-likeness (QED) is 0.408. The molecule has 0 saturated carbocycles. The standard InChI is InChI=1S/C19H16FN3O6/c1-2-28-18(24)11-29-17-8-16(20)13(9-21)7-15(17)19(25)22-10-12-4-3-5-14(6-12)23(26)27/h3-8H,2,10-11H2,1H3,(H,22,25). The molecule has 0 aliphatic heterocycles. The average molecular weight is 401 g/mol. The maximum atomic E-state index is 13.9. The Kier molecular flexibility index (Phi) is 7.20. The number of amides is 1. The van der Waals surface area contributed by atoms with Crippen molar-refractivity contribution in [3.05, 3.63) is 69.0 Å². The predicted octanol–water partition coefficient (Wildman–Crippen LogP) is 2.48. The van der Waals surface area contributed by atoms with Crippen LogP contribution in [-0.2, 0) is 16.1 Å². The number of nitrogens with one attached hydrogen (secondary N) is 1. The first-order valence-corrected chi connectivity index (χ1v) is 8.39. The van der Waals surface area contributed by atoms with Gasteiger partial charge in [0.1, 0.15) is 17.6 Å². The van der Waals surface area contributed by atoms with Crippen LogP contribution in [0.15, 0.2) is 36.4 Å². The lowest BCUT2D eigenvalue weighted by atomic mass is 10.1. The van der Waals surface area contributed by atoms with Crippen LogP contribution in [0.25, 0.3) is 0 Å². The van der Waals surface area contributed by atoms with Crippen LogP contribution in [0.4, 0.5) is 10.1 Å². The zero-order chi connectivity index (χ0) is 21.4. The van der Waals surface area contributed by atoms with Crippen molar-refractivity contribution < 1.29 is 28.4 Å². The fraction of sp³-hybridized carbons (Fsp3) is 0.211. The first kappa shape index (κ1) is 21.3. The number of esters is 1. The van der Waals surface area contributed by atoms with E-state index in [-0.39, 0.29) is 35.7 Å². The molecule has 0 spiro atoms. The molecule has 1 amide bonds. The van der Waals surface area contributed by atoms with Gasteiger partial charge in [0.2, 0.25) is 0 Å². The number of carbonyl (C=O) groups is 2. The highest BCUT2D eigenvalue weighted by Crippen LogP contribution is 2.23. The van der Waals surface area contributed by atoms with Gasteiger partial charge in [-0.3, -0.25) is 14.9 Å². The van der Waals surface area contributed by atoms with Crippen LogP contribution >= 0.6 is 0 Å². The molecular weight excluding hydrogens is 385 g/mol. The molecular formula is C19H16FN3O6. The lowest BCUT2D eigenvalue weighted by molar-refractivity contribution is -0.384. The monoisotopic (exact) mass is 401 g/mol. The van der Waals surface area contributed by atoms with Crippen LogP contribution in [0.2, 0.25) is 0 Å². The second-order valence-corrected chi connectivity index (χ2v) is 5.64. The molecule has 0 saturated heterocycles. The van der Waals surface area contributed by atoms with Crippen molar-refractivity contribution in [3.8, 4) is 11.8 Å². The van der Waals surface area contributed by atoms with Crippen molar-refractivity contribution in [2.45, 2.75) is 13.5 Å². The van der Waals surface area contributed by atoms with E-state index in [0.29, 0.717) is 5.56 Å². The van der Waals surface area contributed by atoms with E-state index in [4.69, 9.17) is 14.7 Å². The van der Waals surface area contributed by atoms with Gasteiger partial charge >= 0.3 is 5.97 Å². The number of ether oxygens (including phenoxy) is 2. The maximum Gasteiger partial charge on any atom is 0.344 e. The van der Waals surface area contributed by atoms with E-state index < -0.39 is 29.2 Å². The lowest BCUT2D eigenvalue weighted by Gasteiger charge is -2.12. The first-order valence-electron chi connectivity index (χ1n) is 8.39. The van der Waals surface area contributed by atoms with Gasteiger partial charge in [0, 0.05) is 24.7 Å². The Morgan fingerprint density at radius 1 is 1.31 bits per heavy atom. The largest absolute Gasteiger partial charge is 0.481 e. The fourth-order valence-electron chi connectivity index (χ4n) is 2.33. The molecule has 0 radical (unpaired) electrons. The summed E-state index contributed by atoms with van der Waals surface area (Å²) >= 11 is 0. The molecule has 0 aliphatic rings. The highest BCUT2D eigenvalue weighted by Gasteiger charge is 2.18. The summed E-state index contributed by atoms with van der Waals surface area (Å²) in [6.45, 7) is 1.12. The second-order valence-electron chi connectivity index (χ2n) is 5.64. The van der Waals surface area contributed by atoms with E-state index in [9.17, 15) is 24.1 Å². The predicted molar refractivity (Wildman–Crippen MR) is 97.5 cm³/mol. The molecule has 0 fully saturated rings. The van der Waals surface area contributed by atoms with Gasteiger partial charge in [-0.25, -0.2) is 9.18 Å². The Bertz CT molecular complexity index is 986. The average Bonchev–Trinajstić information content (AvgIpc) is 2.71. The molecule has 0 bridgehead atoms. The highest BCUT2D eigenvalue weighted by molar-refractivity contribution is 5.97. The Morgan fingerprint density at radius 2 is 2.07 bits per heavy atom. The molecule has 0 heterocycles. The summed E-state index contributed by atoms with van der Waals surface area (Å²) in [7, 11) is 0. The van der Waals surface area contributed by atoms with Crippen molar-refractivity contribution in [1.82, 2.24) is 5.32 Å². The number of non-ortho nitro benzene ring substituents is 1. The molecule has 0 atom stereocenters. The van der Waals surface area contributed by atoms with E-state index in [2.05, 4.69) is 5.32 Å². The minimum Gasteiger partial charge on any atom is -0.481 e. The third-order valence-electron chi connectivity index (χ3n) is 3.66. The summed E-state index contributed by atoms with van der Waals surface area (Å²) in [6.07, 6.45) is 0. The first-order chi connectivity index (χ1) is 13.8. The summed E-state index contributed by atoms with van der Waals surface area (Å²) in [6, 6.07) is 9.11. The van der Waals surface area contributed by atoms with Crippen LogP contribution in [0.5, 0.6) is 5.75 Å². The minimum absolute atomic E-state index is 0.0584. The van der Waals surface area contributed by atoms with Gasteiger partial charge in [0.05, 0.1) is 22.7 Å². The number of nitro groups is 1. The number of rotatable bonds is 8. The van der Waals surface area contributed by atoms with Gasteiger partial charge < -0.3 is 14.8 Å². The molecule has 0 unspecified atom stereocenters. The Labute approximate surface area is 164 Å². The zero-order valence-electron chi connectivity index (χ0n) is 15.3. The molecule has 29 heavy (non-hydrogen) atoms. The summed E-state index contributed by atoms with van der Waals surface area (Å²) < 4.78 is 23.8. The van der Waals surface area contributed by atoms with E-state index in [1.165, 1.54) is 18.2 Å². The number of benzene rings is 2.